The second-order valence-electron chi connectivity index (χ2n) is 10.5. The number of nitrogens with zero attached hydrogens (tertiary/aromatic N) is 1. The minimum absolute atomic E-state index is 0. The molecule has 0 saturated carbocycles. The van der Waals surface area contributed by atoms with Crippen LogP contribution in [0.2, 0.25) is 65.0 Å². The van der Waals surface area contributed by atoms with Gasteiger partial charge in [-0.1, -0.05) is 0 Å². The Hall–Kier alpha value is 0.958. The van der Waals surface area contributed by atoms with Gasteiger partial charge in [-0.25, -0.2) is 0 Å². The Bertz CT molecular complexity index is 366. The number of aliphatic hydroxyl groups excluding tert-OH is 1. The molecule has 0 aliphatic carbocycles. The number of hydrogen-bond acceptors (Lipinski definition) is 4. The summed E-state index contributed by atoms with van der Waals surface area (Å²) in [6.07, 6.45) is 0.999. The summed E-state index contributed by atoms with van der Waals surface area (Å²) in [6, 6.07) is 0.874. The predicted octanol–water partition coefficient (Wildman–Crippen LogP) is 0.943. The summed E-state index contributed by atoms with van der Waals surface area (Å²) in [6.45, 7) is 22.0. The molecule has 0 aromatic rings. The molecule has 5 nitrogen and oxygen atoms in total. The third-order valence-electron chi connectivity index (χ3n) is 3.34. The Balaban J connectivity index is 0. The number of hydrogen-bond donors (Lipinski definition) is 1. The fourth-order valence-electron chi connectivity index (χ4n) is 2.72. The Kier molecular flexibility index (Phi) is 11.9. The molecule has 0 aromatic carbocycles. The van der Waals surface area contributed by atoms with E-state index >= 15 is 0 Å². The number of likely N-dealkylation sites (N-methyl/N-ethyl adjacent to an activating group) is 1. The first kappa shape index (κ1) is 29.2. The quantitative estimate of drug-likeness (QED) is 0.347. The van der Waals surface area contributed by atoms with Gasteiger partial charge in [-0.3, -0.25) is 0 Å². The van der Waals surface area contributed by atoms with E-state index in [4.69, 9.17) is 12.3 Å². The molecule has 0 atom stereocenters. The van der Waals surface area contributed by atoms with Gasteiger partial charge in [0.25, 0.3) is 0 Å². The number of quaternary nitrogens is 1. The number of aliphatic hydroxyl groups is 1. The summed E-state index contributed by atoms with van der Waals surface area (Å²) < 4.78 is 20.9. The summed E-state index contributed by atoms with van der Waals surface area (Å²) in [5.41, 5.74) is 0. The van der Waals surface area contributed by atoms with Crippen LogP contribution in [0.1, 0.15) is 6.42 Å². The molecule has 0 unspecified atom stereocenters. The third-order valence-corrected chi connectivity index (χ3v) is 15.4. The van der Waals surface area contributed by atoms with Gasteiger partial charge in [-0.05, 0) is 58.9 Å². The van der Waals surface area contributed by atoms with Gasteiger partial charge in [0.2, 0.25) is 0 Å². The highest BCUT2D eigenvalue weighted by molar-refractivity contribution is 6.90. The van der Waals surface area contributed by atoms with E-state index in [9.17, 15) is 5.11 Å². The largest absolute Gasteiger partial charge is 1.00 e. The van der Waals surface area contributed by atoms with Gasteiger partial charge >= 0.3 is 8.80 Å². The maximum Gasteiger partial charge on any atom is 0.469 e. The van der Waals surface area contributed by atoms with Crippen molar-refractivity contribution in [2.45, 2.75) is 71.4 Å². The SMILES string of the molecule is C[N+](C)(CCO)CCC[Si](O[Si](C)(C)C)(O[Si](C)(C)C)O[Si](C)(C)C.[Cl-]. The van der Waals surface area contributed by atoms with E-state index in [2.05, 4.69) is 73.0 Å². The van der Waals surface area contributed by atoms with Crippen molar-refractivity contribution in [2.75, 3.05) is 33.8 Å². The zero-order valence-corrected chi connectivity index (χ0v) is 23.8. The topological polar surface area (TPSA) is 47.9 Å². The molecule has 0 radical (unpaired) electrons. The highest BCUT2D eigenvalue weighted by Crippen LogP contribution is 2.30. The molecule has 0 aliphatic rings. The smallest absolute Gasteiger partial charge is 0.469 e. The molecular weight excluding hydrogens is 418 g/mol. The number of halogens is 1. The lowest BCUT2D eigenvalue weighted by Gasteiger charge is -2.43. The first-order valence-electron chi connectivity index (χ1n) is 9.42. The fourth-order valence-corrected chi connectivity index (χ4v) is 17.4. The van der Waals surface area contributed by atoms with Gasteiger partial charge in [-0.2, -0.15) is 0 Å². The maximum absolute atomic E-state index is 9.26. The van der Waals surface area contributed by atoms with Crippen LogP contribution in [0, 0.1) is 0 Å². The molecule has 26 heavy (non-hydrogen) atoms. The summed E-state index contributed by atoms with van der Waals surface area (Å²) >= 11 is 0. The molecule has 0 saturated heterocycles. The molecule has 0 spiro atoms. The first-order valence-corrected chi connectivity index (χ1v) is 21.6. The normalized spacial score (nSPS) is 14.3. The Labute approximate surface area is 173 Å². The van der Waals surface area contributed by atoms with E-state index in [-0.39, 0.29) is 19.0 Å². The summed E-state index contributed by atoms with van der Waals surface area (Å²) in [7, 11) is -3.76. The van der Waals surface area contributed by atoms with Crippen molar-refractivity contribution < 1.29 is 34.3 Å². The molecule has 160 valence electrons. The fraction of sp³-hybridized carbons (Fsp3) is 1.00. The van der Waals surface area contributed by atoms with Gasteiger partial charge in [0.05, 0.1) is 27.2 Å². The van der Waals surface area contributed by atoms with Gasteiger partial charge in [-0.15, -0.1) is 0 Å². The van der Waals surface area contributed by atoms with Crippen LogP contribution in [-0.2, 0) is 12.3 Å². The lowest BCUT2D eigenvalue weighted by atomic mass is 10.4. The van der Waals surface area contributed by atoms with Gasteiger partial charge in [0.15, 0.2) is 25.0 Å². The second-order valence-corrected chi connectivity index (χ2v) is 27.5. The van der Waals surface area contributed by atoms with E-state index in [0.717, 1.165) is 30.0 Å². The van der Waals surface area contributed by atoms with E-state index in [0.29, 0.717) is 0 Å². The average Bonchev–Trinajstić information content (AvgIpc) is 2.19. The van der Waals surface area contributed by atoms with Gasteiger partial charge < -0.3 is 34.3 Å². The van der Waals surface area contributed by atoms with E-state index < -0.39 is 33.8 Å². The first-order chi connectivity index (χ1) is 10.9. The molecule has 1 N–H and O–H groups in total. The Morgan fingerprint density at radius 3 is 1.31 bits per heavy atom. The molecule has 0 aliphatic heterocycles. The molecule has 0 amide bonds. The van der Waals surface area contributed by atoms with Crippen LogP contribution in [-0.4, -0.2) is 77.1 Å². The number of rotatable bonds is 12. The molecule has 0 rings (SSSR count). The van der Waals surface area contributed by atoms with Crippen molar-refractivity contribution in [3.8, 4) is 0 Å². The molecule has 0 heterocycles. The van der Waals surface area contributed by atoms with Crippen molar-refractivity contribution >= 4 is 33.8 Å². The zero-order valence-electron chi connectivity index (χ0n) is 19.0. The highest BCUT2D eigenvalue weighted by atomic mass is 35.5. The van der Waals surface area contributed by atoms with Crippen molar-refractivity contribution in [3.05, 3.63) is 0 Å². The van der Waals surface area contributed by atoms with Crippen LogP contribution in [0.5, 0.6) is 0 Å². The maximum atomic E-state index is 9.26. The van der Waals surface area contributed by atoms with Crippen LogP contribution in [0.3, 0.4) is 0 Å². The zero-order chi connectivity index (χ0) is 20.2. The summed E-state index contributed by atoms with van der Waals surface area (Å²) in [5.74, 6) is 0. The van der Waals surface area contributed by atoms with Crippen molar-refractivity contribution in [3.63, 3.8) is 0 Å². The minimum Gasteiger partial charge on any atom is -1.00 e. The van der Waals surface area contributed by atoms with Gasteiger partial charge in [0, 0.05) is 12.5 Å². The standard InChI is InChI=1S/C16H44NO4Si4.ClH/c1-17(2,14-15-18)13-12-16-25(19-22(3,4)5,20-23(6,7)8)21-24(9,10)11;/h18H,12-16H2,1-11H3;1H/q+1;/p-1. The third kappa shape index (κ3) is 14.9. The van der Waals surface area contributed by atoms with Crippen LogP contribution in [0.15, 0.2) is 0 Å². The van der Waals surface area contributed by atoms with E-state index in [1.165, 1.54) is 0 Å². The van der Waals surface area contributed by atoms with Crippen LogP contribution in [0.25, 0.3) is 0 Å². The Morgan fingerprint density at radius 2 is 1.04 bits per heavy atom. The molecular formula is C16H44ClNO4Si4. The van der Waals surface area contributed by atoms with E-state index in [1.807, 2.05) is 0 Å². The van der Waals surface area contributed by atoms with Crippen molar-refractivity contribution in [1.82, 2.24) is 0 Å². The molecule has 10 heteroatoms. The molecule has 0 aromatic heterocycles. The lowest BCUT2D eigenvalue weighted by Crippen LogP contribution is -3.00. The van der Waals surface area contributed by atoms with Crippen LogP contribution >= 0.6 is 0 Å². The van der Waals surface area contributed by atoms with Crippen molar-refractivity contribution in [1.29, 1.82) is 0 Å². The van der Waals surface area contributed by atoms with E-state index in [1.54, 1.807) is 0 Å². The minimum atomic E-state index is -2.71. The lowest BCUT2D eigenvalue weighted by molar-refractivity contribution is -0.890. The van der Waals surface area contributed by atoms with Gasteiger partial charge in [0.1, 0.15) is 6.54 Å². The molecule has 0 bridgehead atoms. The highest BCUT2D eigenvalue weighted by Gasteiger charge is 2.49. The second kappa shape index (κ2) is 10.7. The monoisotopic (exact) mass is 461 g/mol. The summed E-state index contributed by atoms with van der Waals surface area (Å²) in [5, 5.41) is 9.26. The molecule has 0 fully saturated rings. The van der Waals surface area contributed by atoms with Crippen LogP contribution < -0.4 is 12.4 Å². The summed E-state index contributed by atoms with van der Waals surface area (Å²) in [4.78, 5) is 0. The Morgan fingerprint density at radius 1 is 0.692 bits per heavy atom. The average molecular weight is 462 g/mol. The predicted molar refractivity (Wildman–Crippen MR) is 117 cm³/mol. The van der Waals surface area contributed by atoms with Crippen LogP contribution in [0.4, 0.5) is 0 Å². The van der Waals surface area contributed by atoms with Crippen molar-refractivity contribution in [2.24, 2.45) is 0 Å².